The van der Waals surface area contributed by atoms with Gasteiger partial charge >= 0.3 is 5.97 Å². The minimum Gasteiger partial charge on any atom is -0.476 e. The highest BCUT2D eigenvalue weighted by Crippen LogP contribution is 2.22. The molecule has 0 saturated heterocycles. The van der Waals surface area contributed by atoms with E-state index < -0.39 is 5.97 Å². The lowest BCUT2D eigenvalue weighted by Crippen LogP contribution is -2.14. The summed E-state index contributed by atoms with van der Waals surface area (Å²) in [5, 5.41) is 15.1. The molecule has 0 spiro atoms. The molecule has 92 valence electrons. The third-order valence-electron chi connectivity index (χ3n) is 2.78. The van der Waals surface area contributed by atoms with E-state index >= 15 is 0 Å². The van der Waals surface area contributed by atoms with Gasteiger partial charge in [0.1, 0.15) is 0 Å². The molecule has 1 aliphatic rings. The summed E-state index contributed by atoms with van der Waals surface area (Å²) in [5.41, 5.74) is 4.06. The van der Waals surface area contributed by atoms with Crippen molar-refractivity contribution < 1.29 is 9.90 Å². The topological polar surface area (TPSA) is 74.6 Å². The largest absolute Gasteiger partial charge is 0.476 e. The molecule has 0 aliphatic heterocycles. The smallest absolute Gasteiger partial charge is 0.355 e. The highest BCUT2D eigenvalue weighted by molar-refractivity contribution is 7.13. The molecule has 1 saturated carbocycles. The van der Waals surface area contributed by atoms with Gasteiger partial charge in [-0.1, -0.05) is 6.92 Å². The molecular formula is C11H15N3O2S. The van der Waals surface area contributed by atoms with Crippen molar-refractivity contribution in [2.45, 2.75) is 32.6 Å². The average molecular weight is 253 g/mol. The second-order valence-corrected chi connectivity index (χ2v) is 5.19. The van der Waals surface area contributed by atoms with Crippen molar-refractivity contribution >= 4 is 28.1 Å². The molecule has 2 N–H and O–H groups in total. The fraction of sp³-hybridized carbons (Fsp3) is 0.545. The van der Waals surface area contributed by atoms with Crippen molar-refractivity contribution in [1.29, 1.82) is 0 Å². The van der Waals surface area contributed by atoms with Gasteiger partial charge in [0.2, 0.25) is 5.13 Å². The minimum atomic E-state index is -1.01. The quantitative estimate of drug-likeness (QED) is 0.812. The Morgan fingerprint density at radius 2 is 2.53 bits per heavy atom. The Labute approximate surface area is 104 Å². The Morgan fingerprint density at radius 1 is 1.71 bits per heavy atom. The van der Waals surface area contributed by atoms with Crippen LogP contribution in [0.1, 0.15) is 43.1 Å². The van der Waals surface area contributed by atoms with Gasteiger partial charge in [-0.15, -0.1) is 11.3 Å². The molecular weight excluding hydrogens is 238 g/mol. The number of nitrogens with zero attached hydrogens (tertiary/aromatic N) is 2. The zero-order valence-electron chi connectivity index (χ0n) is 9.64. The van der Waals surface area contributed by atoms with Crippen LogP contribution in [-0.4, -0.2) is 21.8 Å². The van der Waals surface area contributed by atoms with Gasteiger partial charge in [0, 0.05) is 11.1 Å². The van der Waals surface area contributed by atoms with E-state index in [2.05, 4.69) is 22.4 Å². The molecule has 1 fully saturated rings. The van der Waals surface area contributed by atoms with E-state index in [0.29, 0.717) is 11.0 Å². The number of carbonyl (C=O) groups is 1. The normalized spacial score (nSPS) is 22.6. The van der Waals surface area contributed by atoms with Crippen LogP contribution in [0.3, 0.4) is 0 Å². The summed E-state index contributed by atoms with van der Waals surface area (Å²) in [5.74, 6) is -0.316. The summed E-state index contributed by atoms with van der Waals surface area (Å²) in [6, 6.07) is 0. The van der Waals surface area contributed by atoms with Gasteiger partial charge in [0.25, 0.3) is 0 Å². The molecule has 17 heavy (non-hydrogen) atoms. The van der Waals surface area contributed by atoms with Crippen molar-refractivity contribution in [3.05, 3.63) is 11.1 Å². The Bertz CT molecular complexity index is 442. The molecule has 1 aromatic rings. The van der Waals surface area contributed by atoms with Crippen LogP contribution in [0.4, 0.5) is 5.13 Å². The fourth-order valence-corrected chi connectivity index (χ4v) is 2.54. The zero-order valence-corrected chi connectivity index (χ0v) is 10.5. The maximum atomic E-state index is 10.6. The average Bonchev–Trinajstić information content (AvgIpc) is 2.75. The molecule has 0 aromatic carbocycles. The second-order valence-electron chi connectivity index (χ2n) is 4.33. The van der Waals surface area contributed by atoms with Crippen molar-refractivity contribution in [3.8, 4) is 0 Å². The lowest BCUT2D eigenvalue weighted by Gasteiger charge is -2.18. The molecule has 2 rings (SSSR count). The van der Waals surface area contributed by atoms with Crippen LogP contribution in [0, 0.1) is 5.92 Å². The van der Waals surface area contributed by atoms with Crippen molar-refractivity contribution in [3.63, 3.8) is 0 Å². The summed E-state index contributed by atoms with van der Waals surface area (Å²) >= 11 is 1.26. The number of rotatable bonds is 3. The van der Waals surface area contributed by atoms with Crippen LogP contribution in [0.15, 0.2) is 10.5 Å². The van der Waals surface area contributed by atoms with Crippen molar-refractivity contribution in [1.82, 2.24) is 4.98 Å². The molecule has 1 unspecified atom stereocenters. The number of aromatic nitrogens is 1. The van der Waals surface area contributed by atoms with Gasteiger partial charge in [-0.2, -0.15) is 5.10 Å². The molecule has 6 heteroatoms. The van der Waals surface area contributed by atoms with Crippen LogP contribution in [0.2, 0.25) is 0 Å². The number of hydrogen-bond donors (Lipinski definition) is 2. The van der Waals surface area contributed by atoms with Crippen LogP contribution in [0.5, 0.6) is 0 Å². The second kappa shape index (κ2) is 5.27. The van der Waals surface area contributed by atoms with E-state index in [9.17, 15) is 4.79 Å². The standard InChI is InChI=1S/C11H15N3O2S/c1-7-3-2-4-8(5-7)13-14-11-12-9(6-17-11)10(15)16/h6-7H,2-5H2,1H3,(H,12,14)(H,15,16)/b13-8-. The number of hydrogen-bond acceptors (Lipinski definition) is 5. The minimum absolute atomic E-state index is 0.0645. The highest BCUT2D eigenvalue weighted by Gasteiger charge is 2.14. The Balaban J connectivity index is 1.96. The number of hydrazone groups is 1. The molecule has 5 nitrogen and oxygen atoms in total. The maximum Gasteiger partial charge on any atom is 0.355 e. The number of aromatic carboxylic acids is 1. The molecule has 1 aliphatic carbocycles. The summed E-state index contributed by atoms with van der Waals surface area (Å²) in [6.45, 7) is 2.22. The number of thiazole rings is 1. The first-order valence-electron chi connectivity index (χ1n) is 5.65. The van der Waals surface area contributed by atoms with Crippen LogP contribution in [-0.2, 0) is 0 Å². The molecule has 0 bridgehead atoms. The zero-order chi connectivity index (χ0) is 12.3. The van der Waals surface area contributed by atoms with Gasteiger partial charge in [0.15, 0.2) is 5.69 Å². The first-order chi connectivity index (χ1) is 8.15. The lowest BCUT2D eigenvalue weighted by atomic mass is 9.89. The third-order valence-corrected chi connectivity index (χ3v) is 3.53. The monoisotopic (exact) mass is 253 g/mol. The van der Waals surface area contributed by atoms with E-state index in [1.807, 2.05) is 0 Å². The molecule has 0 amide bonds. The van der Waals surface area contributed by atoms with E-state index in [4.69, 9.17) is 5.11 Å². The number of nitrogens with one attached hydrogen (secondary N) is 1. The van der Waals surface area contributed by atoms with E-state index in [1.54, 1.807) is 0 Å². The van der Waals surface area contributed by atoms with E-state index in [1.165, 1.54) is 29.6 Å². The van der Waals surface area contributed by atoms with Gasteiger partial charge < -0.3 is 5.11 Å². The summed E-state index contributed by atoms with van der Waals surface area (Å²) in [7, 11) is 0. The molecule has 0 radical (unpaired) electrons. The molecule has 1 aromatic heterocycles. The molecule has 1 atom stereocenters. The van der Waals surface area contributed by atoms with Crippen molar-refractivity contribution in [2.75, 3.05) is 5.43 Å². The van der Waals surface area contributed by atoms with Gasteiger partial charge in [-0.25, -0.2) is 9.78 Å². The van der Waals surface area contributed by atoms with Crippen LogP contribution in [0.25, 0.3) is 0 Å². The fourth-order valence-electron chi connectivity index (χ4n) is 1.91. The van der Waals surface area contributed by atoms with Crippen LogP contribution < -0.4 is 5.43 Å². The number of carboxylic acid groups (broad SMARTS) is 1. The number of anilines is 1. The Kier molecular flexibility index (Phi) is 3.73. The maximum absolute atomic E-state index is 10.6. The van der Waals surface area contributed by atoms with Crippen molar-refractivity contribution in [2.24, 2.45) is 11.0 Å². The van der Waals surface area contributed by atoms with Crippen LogP contribution >= 0.6 is 11.3 Å². The van der Waals surface area contributed by atoms with E-state index in [0.717, 1.165) is 18.6 Å². The summed E-state index contributed by atoms with van der Waals surface area (Å²) in [4.78, 5) is 14.6. The van der Waals surface area contributed by atoms with Gasteiger partial charge in [-0.05, 0) is 31.6 Å². The lowest BCUT2D eigenvalue weighted by molar-refractivity contribution is 0.0691. The first-order valence-corrected chi connectivity index (χ1v) is 6.53. The Hall–Kier alpha value is -1.43. The number of carboxylic acids is 1. The third kappa shape index (κ3) is 3.26. The first kappa shape index (κ1) is 12.0. The van der Waals surface area contributed by atoms with Gasteiger partial charge in [0.05, 0.1) is 0 Å². The Morgan fingerprint density at radius 3 is 3.18 bits per heavy atom. The predicted octanol–water partition coefficient (Wildman–Crippen LogP) is 2.82. The predicted molar refractivity (Wildman–Crippen MR) is 67.8 cm³/mol. The van der Waals surface area contributed by atoms with E-state index in [-0.39, 0.29) is 5.69 Å². The van der Waals surface area contributed by atoms with Gasteiger partial charge in [-0.3, -0.25) is 5.43 Å². The summed E-state index contributed by atoms with van der Waals surface area (Å²) < 4.78 is 0. The highest BCUT2D eigenvalue weighted by atomic mass is 32.1. The SMILES string of the molecule is CC1CCC/C(=N/Nc2nc(C(=O)O)cs2)C1. The summed E-state index contributed by atoms with van der Waals surface area (Å²) in [6.07, 6.45) is 4.48. The molecule has 1 heterocycles.